The molecule has 0 aliphatic carbocycles. The van der Waals surface area contributed by atoms with Crippen molar-refractivity contribution in [3.05, 3.63) is 35.9 Å². The van der Waals surface area contributed by atoms with Gasteiger partial charge in [0.2, 0.25) is 0 Å². The molecule has 4 heteroatoms. The second-order valence-corrected chi connectivity index (χ2v) is 4.43. The van der Waals surface area contributed by atoms with E-state index in [4.69, 9.17) is 9.42 Å². The molecule has 0 saturated carbocycles. The summed E-state index contributed by atoms with van der Waals surface area (Å²) in [6.45, 7) is 1.36. The minimum atomic E-state index is -3.33. The Morgan fingerprint density at radius 1 is 1.42 bits per heavy atom. The lowest BCUT2D eigenvalue weighted by Gasteiger charge is -2.05. The summed E-state index contributed by atoms with van der Waals surface area (Å²) in [5.41, 5.74) is 0.897. The van der Waals surface area contributed by atoms with Gasteiger partial charge in [0.1, 0.15) is 0 Å². The average Bonchev–Trinajstić information content (AvgIpc) is 2.02. The largest absolute Gasteiger partial charge is 0.325 e. The maximum Gasteiger partial charge on any atom is 0.325 e. The van der Waals surface area contributed by atoms with Crippen molar-refractivity contribution in [3.8, 4) is 0 Å². The molecule has 0 fully saturated rings. The summed E-state index contributed by atoms with van der Waals surface area (Å²) in [6, 6.07) is 9.28. The standard InChI is InChI=1S/C8H11O3P/c1-12(9,10)11-7-8-5-3-2-4-6-8/h2-6H,7H2,1H3,(H,9,10). The zero-order valence-electron chi connectivity index (χ0n) is 6.80. The summed E-state index contributed by atoms with van der Waals surface area (Å²) in [5, 5.41) is 0. The molecule has 0 aliphatic heterocycles. The monoisotopic (exact) mass is 186 g/mol. The maximum absolute atomic E-state index is 10.7. The lowest BCUT2D eigenvalue weighted by molar-refractivity contribution is 0.255. The summed E-state index contributed by atoms with van der Waals surface area (Å²) in [7, 11) is -3.33. The summed E-state index contributed by atoms with van der Waals surface area (Å²) in [6.07, 6.45) is 0. The van der Waals surface area contributed by atoms with Gasteiger partial charge in [0.25, 0.3) is 0 Å². The molecule has 0 amide bonds. The van der Waals surface area contributed by atoms with Crippen LogP contribution in [0.25, 0.3) is 0 Å². The fourth-order valence-electron chi connectivity index (χ4n) is 0.769. The van der Waals surface area contributed by atoms with Gasteiger partial charge in [-0.1, -0.05) is 30.3 Å². The van der Waals surface area contributed by atoms with Crippen LogP contribution < -0.4 is 0 Å². The van der Waals surface area contributed by atoms with Crippen molar-refractivity contribution in [2.45, 2.75) is 6.61 Å². The Labute approximate surface area is 71.5 Å². The number of hydrogen-bond donors (Lipinski definition) is 1. The van der Waals surface area contributed by atoms with E-state index >= 15 is 0 Å². The highest BCUT2D eigenvalue weighted by Gasteiger charge is 2.08. The van der Waals surface area contributed by atoms with E-state index in [9.17, 15) is 4.57 Å². The van der Waals surface area contributed by atoms with Crippen molar-refractivity contribution < 1.29 is 14.0 Å². The van der Waals surface area contributed by atoms with Gasteiger partial charge in [-0.15, -0.1) is 0 Å². The second kappa shape index (κ2) is 3.85. The minimum absolute atomic E-state index is 0.186. The van der Waals surface area contributed by atoms with E-state index in [2.05, 4.69) is 0 Å². The molecule has 0 aromatic heterocycles. The molecule has 0 radical (unpaired) electrons. The van der Waals surface area contributed by atoms with Crippen LogP contribution in [0.15, 0.2) is 30.3 Å². The van der Waals surface area contributed by atoms with E-state index in [0.717, 1.165) is 5.56 Å². The Morgan fingerprint density at radius 2 is 2.00 bits per heavy atom. The predicted molar refractivity (Wildman–Crippen MR) is 47.0 cm³/mol. The van der Waals surface area contributed by atoms with E-state index in [-0.39, 0.29) is 6.61 Å². The van der Waals surface area contributed by atoms with E-state index < -0.39 is 7.60 Å². The molecule has 0 aliphatic rings. The Balaban J connectivity index is 2.50. The van der Waals surface area contributed by atoms with E-state index in [1.54, 1.807) is 0 Å². The third-order valence-corrected chi connectivity index (χ3v) is 1.92. The van der Waals surface area contributed by atoms with Crippen LogP contribution in [-0.4, -0.2) is 11.6 Å². The van der Waals surface area contributed by atoms with Crippen molar-refractivity contribution in [2.24, 2.45) is 0 Å². The summed E-state index contributed by atoms with van der Waals surface area (Å²) in [4.78, 5) is 8.81. The second-order valence-electron chi connectivity index (χ2n) is 2.56. The van der Waals surface area contributed by atoms with Gasteiger partial charge in [-0.2, -0.15) is 0 Å². The Kier molecular flexibility index (Phi) is 3.04. The maximum atomic E-state index is 10.7. The molecule has 1 atom stereocenters. The summed E-state index contributed by atoms with van der Waals surface area (Å²) >= 11 is 0. The van der Waals surface area contributed by atoms with Gasteiger partial charge in [-0.25, -0.2) is 0 Å². The zero-order chi connectivity index (χ0) is 9.03. The molecule has 1 unspecified atom stereocenters. The first kappa shape index (κ1) is 9.46. The van der Waals surface area contributed by atoms with Gasteiger partial charge in [0, 0.05) is 6.66 Å². The average molecular weight is 186 g/mol. The lowest BCUT2D eigenvalue weighted by atomic mass is 10.2. The van der Waals surface area contributed by atoms with Gasteiger partial charge in [0.05, 0.1) is 6.61 Å². The van der Waals surface area contributed by atoms with Crippen LogP contribution in [0.3, 0.4) is 0 Å². The Bertz CT molecular complexity index is 278. The highest BCUT2D eigenvalue weighted by Crippen LogP contribution is 2.37. The van der Waals surface area contributed by atoms with Gasteiger partial charge in [-0.05, 0) is 5.56 Å². The van der Waals surface area contributed by atoms with Crippen LogP contribution in [0.5, 0.6) is 0 Å². The van der Waals surface area contributed by atoms with Crippen LogP contribution in [0, 0.1) is 0 Å². The van der Waals surface area contributed by atoms with Crippen LogP contribution in [0.4, 0.5) is 0 Å². The van der Waals surface area contributed by atoms with Crippen molar-refractivity contribution in [3.63, 3.8) is 0 Å². The molecule has 3 nitrogen and oxygen atoms in total. The Morgan fingerprint density at radius 3 is 2.50 bits per heavy atom. The van der Waals surface area contributed by atoms with Crippen LogP contribution >= 0.6 is 7.60 Å². The summed E-state index contributed by atoms with van der Waals surface area (Å²) < 4.78 is 15.4. The number of rotatable bonds is 3. The van der Waals surface area contributed by atoms with Crippen molar-refractivity contribution >= 4 is 7.60 Å². The SMILES string of the molecule is CP(=O)(O)OCc1ccccc1. The number of benzene rings is 1. The Hall–Kier alpha value is -0.630. The molecule has 1 N–H and O–H groups in total. The van der Waals surface area contributed by atoms with E-state index in [1.165, 1.54) is 6.66 Å². The molecule has 1 aromatic rings. The molecule has 12 heavy (non-hydrogen) atoms. The molecule has 0 saturated heterocycles. The molecular formula is C8H11O3P. The van der Waals surface area contributed by atoms with Crippen molar-refractivity contribution in [1.29, 1.82) is 0 Å². The fourth-order valence-corrected chi connectivity index (χ4v) is 1.16. The quantitative estimate of drug-likeness (QED) is 0.734. The smallest absolute Gasteiger partial charge is 0.324 e. The predicted octanol–water partition coefficient (Wildman–Crippen LogP) is 2.02. The van der Waals surface area contributed by atoms with Gasteiger partial charge in [-0.3, -0.25) is 4.57 Å². The van der Waals surface area contributed by atoms with Crippen LogP contribution in [0.1, 0.15) is 5.56 Å². The van der Waals surface area contributed by atoms with Crippen molar-refractivity contribution in [2.75, 3.05) is 6.66 Å². The number of hydrogen-bond acceptors (Lipinski definition) is 2. The minimum Gasteiger partial charge on any atom is -0.324 e. The van der Waals surface area contributed by atoms with Crippen LogP contribution in [-0.2, 0) is 15.7 Å². The topological polar surface area (TPSA) is 46.5 Å². The lowest BCUT2D eigenvalue weighted by Crippen LogP contribution is -1.89. The normalized spacial score (nSPS) is 15.5. The van der Waals surface area contributed by atoms with E-state index in [1.807, 2.05) is 30.3 Å². The van der Waals surface area contributed by atoms with Gasteiger partial charge < -0.3 is 9.42 Å². The third kappa shape index (κ3) is 3.67. The molecular weight excluding hydrogens is 175 g/mol. The first-order valence-electron chi connectivity index (χ1n) is 3.57. The molecule has 1 aromatic carbocycles. The van der Waals surface area contributed by atoms with E-state index in [0.29, 0.717) is 0 Å². The first-order valence-corrected chi connectivity index (χ1v) is 5.59. The summed E-state index contributed by atoms with van der Waals surface area (Å²) in [5.74, 6) is 0. The van der Waals surface area contributed by atoms with Gasteiger partial charge >= 0.3 is 7.60 Å². The molecule has 0 spiro atoms. The van der Waals surface area contributed by atoms with Gasteiger partial charge in [0.15, 0.2) is 0 Å². The fraction of sp³-hybridized carbons (Fsp3) is 0.250. The van der Waals surface area contributed by atoms with Crippen LogP contribution in [0.2, 0.25) is 0 Å². The molecule has 66 valence electrons. The molecule has 0 bridgehead atoms. The van der Waals surface area contributed by atoms with Crippen molar-refractivity contribution in [1.82, 2.24) is 0 Å². The third-order valence-electron chi connectivity index (χ3n) is 1.31. The zero-order valence-corrected chi connectivity index (χ0v) is 7.70. The first-order chi connectivity index (χ1) is 5.58. The highest BCUT2D eigenvalue weighted by molar-refractivity contribution is 7.51. The highest BCUT2D eigenvalue weighted by atomic mass is 31.2. The molecule has 0 heterocycles. The molecule has 1 rings (SSSR count).